The van der Waals surface area contributed by atoms with Crippen molar-refractivity contribution < 1.29 is 9.31 Å². The molecule has 0 aliphatic heterocycles. The van der Waals surface area contributed by atoms with Crippen molar-refractivity contribution >= 4 is 23.0 Å². The summed E-state index contributed by atoms with van der Waals surface area (Å²) in [5.41, 5.74) is 1.05. The molecule has 0 aliphatic carbocycles. The first kappa shape index (κ1) is 13.3. The van der Waals surface area contributed by atoms with E-state index in [1.807, 2.05) is 0 Å². The van der Waals surface area contributed by atoms with Gasteiger partial charge in [-0.25, -0.2) is 4.39 Å². The summed E-state index contributed by atoms with van der Waals surface area (Å²) in [5, 5.41) is 14.3. The normalized spacial score (nSPS) is 10.2. The molecule has 0 spiro atoms. The summed E-state index contributed by atoms with van der Waals surface area (Å²) in [5.74, 6) is -0.623. The van der Waals surface area contributed by atoms with Gasteiger partial charge in [0.25, 0.3) is 5.69 Å². The highest BCUT2D eigenvalue weighted by Crippen LogP contribution is 2.18. The van der Waals surface area contributed by atoms with Gasteiger partial charge in [0.15, 0.2) is 0 Å². The first-order chi connectivity index (χ1) is 9.04. The van der Waals surface area contributed by atoms with E-state index < -0.39 is 10.7 Å². The summed E-state index contributed by atoms with van der Waals surface area (Å²) < 4.78 is 13.2. The molecule has 2 aromatic carbocycles. The van der Waals surface area contributed by atoms with Gasteiger partial charge in [-0.2, -0.15) is 0 Å². The molecule has 6 heteroatoms. The number of nitrogens with one attached hydrogen (secondary N) is 1. The van der Waals surface area contributed by atoms with E-state index in [4.69, 9.17) is 11.6 Å². The van der Waals surface area contributed by atoms with E-state index in [-0.39, 0.29) is 5.69 Å². The van der Waals surface area contributed by atoms with E-state index in [9.17, 15) is 14.5 Å². The molecule has 0 unspecified atom stereocenters. The number of non-ortho nitro benzene ring substituents is 1. The van der Waals surface area contributed by atoms with Crippen LogP contribution in [0.3, 0.4) is 0 Å². The van der Waals surface area contributed by atoms with Crippen molar-refractivity contribution in [2.24, 2.45) is 0 Å². The predicted octanol–water partition coefficient (Wildman–Crippen LogP) is 4.00. The maximum Gasteiger partial charge on any atom is 0.272 e. The molecule has 0 amide bonds. The van der Waals surface area contributed by atoms with Crippen LogP contribution in [-0.2, 0) is 6.54 Å². The van der Waals surface area contributed by atoms with Crippen molar-refractivity contribution in [1.29, 1.82) is 0 Å². The minimum atomic E-state index is -0.623. The number of hydrogen-bond donors (Lipinski definition) is 1. The number of benzene rings is 2. The Morgan fingerprint density at radius 1 is 1.21 bits per heavy atom. The van der Waals surface area contributed by atoms with Crippen molar-refractivity contribution in [2.45, 2.75) is 6.54 Å². The Morgan fingerprint density at radius 2 is 1.89 bits per heavy atom. The largest absolute Gasteiger partial charge is 0.381 e. The maximum absolute atomic E-state index is 13.2. The zero-order valence-corrected chi connectivity index (χ0v) is 10.5. The fraction of sp³-hybridized carbons (Fsp3) is 0.0769. The molecule has 4 nitrogen and oxygen atoms in total. The Balaban J connectivity index is 2.11. The number of hydrogen-bond acceptors (Lipinski definition) is 3. The summed E-state index contributed by atoms with van der Waals surface area (Å²) in [6, 6.07) is 10.5. The second kappa shape index (κ2) is 5.67. The van der Waals surface area contributed by atoms with Gasteiger partial charge in [-0.3, -0.25) is 10.1 Å². The molecule has 1 N–H and O–H groups in total. The average Bonchev–Trinajstić information content (AvgIpc) is 2.37. The quantitative estimate of drug-likeness (QED) is 0.680. The number of nitro groups is 1. The third-order valence-corrected chi connectivity index (χ3v) is 2.75. The first-order valence-corrected chi connectivity index (χ1v) is 5.86. The predicted molar refractivity (Wildman–Crippen MR) is 71.8 cm³/mol. The van der Waals surface area contributed by atoms with Crippen molar-refractivity contribution in [1.82, 2.24) is 0 Å². The molecule has 2 rings (SSSR count). The van der Waals surface area contributed by atoms with Gasteiger partial charge in [-0.05, 0) is 35.9 Å². The zero-order valence-electron chi connectivity index (χ0n) is 9.77. The number of anilines is 1. The molecule has 0 saturated carbocycles. The Labute approximate surface area is 114 Å². The lowest BCUT2D eigenvalue weighted by Crippen LogP contribution is -2.01. The van der Waals surface area contributed by atoms with E-state index >= 15 is 0 Å². The van der Waals surface area contributed by atoms with Gasteiger partial charge in [0.05, 0.1) is 11.0 Å². The molecule has 98 valence electrons. The lowest BCUT2D eigenvalue weighted by atomic mass is 10.2. The number of nitro benzene ring substituents is 1. The van der Waals surface area contributed by atoms with Gasteiger partial charge in [0.1, 0.15) is 5.82 Å². The average molecular weight is 281 g/mol. The Morgan fingerprint density at radius 3 is 2.53 bits per heavy atom. The summed E-state index contributed by atoms with van der Waals surface area (Å²) in [7, 11) is 0. The molecule has 0 bridgehead atoms. The first-order valence-electron chi connectivity index (χ1n) is 5.48. The highest BCUT2D eigenvalue weighted by atomic mass is 35.5. The molecule has 19 heavy (non-hydrogen) atoms. The highest BCUT2D eigenvalue weighted by Gasteiger charge is 2.09. The Kier molecular flexibility index (Phi) is 3.97. The van der Waals surface area contributed by atoms with Crippen LogP contribution < -0.4 is 5.32 Å². The van der Waals surface area contributed by atoms with E-state index in [1.54, 1.807) is 24.3 Å². The SMILES string of the molecule is O=[N+]([O-])c1cc(F)cc(CNc2ccc(Cl)cc2)c1. The van der Waals surface area contributed by atoms with Gasteiger partial charge >= 0.3 is 0 Å². The zero-order chi connectivity index (χ0) is 13.8. The lowest BCUT2D eigenvalue weighted by molar-refractivity contribution is -0.385. The van der Waals surface area contributed by atoms with E-state index in [0.29, 0.717) is 17.1 Å². The second-order valence-electron chi connectivity index (χ2n) is 3.94. The Bertz CT molecular complexity index is 602. The van der Waals surface area contributed by atoms with Crippen LogP contribution in [0.15, 0.2) is 42.5 Å². The van der Waals surface area contributed by atoms with Crippen molar-refractivity contribution in [2.75, 3.05) is 5.32 Å². The molecule has 0 saturated heterocycles. The van der Waals surface area contributed by atoms with Gasteiger partial charge in [0.2, 0.25) is 0 Å². The molecular formula is C13H10ClFN2O2. The van der Waals surface area contributed by atoms with Crippen LogP contribution in [0.4, 0.5) is 15.8 Å². The van der Waals surface area contributed by atoms with E-state index in [0.717, 1.165) is 11.8 Å². The number of halogens is 2. The van der Waals surface area contributed by atoms with Gasteiger partial charge in [-0.15, -0.1) is 0 Å². The highest BCUT2D eigenvalue weighted by molar-refractivity contribution is 6.30. The summed E-state index contributed by atoms with van der Waals surface area (Å²) in [6.07, 6.45) is 0. The molecule has 0 fully saturated rings. The minimum absolute atomic E-state index is 0.257. The smallest absolute Gasteiger partial charge is 0.272 e. The summed E-state index contributed by atoms with van der Waals surface area (Å²) >= 11 is 5.75. The van der Waals surface area contributed by atoms with Crippen LogP contribution in [0.25, 0.3) is 0 Å². The van der Waals surface area contributed by atoms with Crippen LogP contribution in [0.1, 0.15) is 5.56 Å². The van der Waals surface area contributed by atoms with Crippen LogP contribution in [0, 0.1) is 15.9 Å². The topological polar surface area (TPSA) is 55.2 Å². The maximum atomic E-state index is 13.2. The van der Waals surface area contributed by atoms with Crippen molar-refractivity contribution in [3.63, 3.8) is 0 Å². The van der Waals surface area contributed by atoms with Crippen molar-refractivity contribution in [3.05, 3.63) is 69.0 Å². The van der Waals surface area contributed by atoms with Crippen LogP contribution in [0.5, 0.6) is 0 Å². The minimum Gasteiger partial charge on any atom is -0.381 e. The molecular weight excluding hydrogens is 271 g/mol. The fourth-order valence-electron chi connectivity index (χ4n) is 1.61. The van der Waals surface area contributed by atoms with Gasteiger partial charge in [0, 0.05) is 23.3 Å². The molecule has 0 heterocycles. The van der Waals surface area contributed by atoms with Gasteiger partial charge < -0.3 is 5.32 Å². The van der Waals surface area contributed by atoms with Crippen LogP contribution >= 0.6 is 11.6 Å². The standard InChI is InChI=1S/C13H10ClFN2O2/c14-10-1-3-12(4-2-10)16-8-9-5-11(15)7-13(6-9)17(18)19/h1-7,16H,8H2. The second-order valence-corrected chi connectivity index (χ2v) is 4.37. The lowest BCUT2D eigenvalue weighted by Gasteiger charge is -2.06. The Hall–Kier alpha value is -2.14. The molecule has 0 radical (unpaired) electrons. The monoisotopic (exact) mass is 280 g/mol. The van der Waals surface area contributed by atoms with Crippen LogP contribution in [0.2, 0.25) is 5.02 Å². The summed E-state index contributed by atoms with van der Waals surface area (Å²) in [4.78, 5) is 10.0. The molecule has 0 aliphatic rings. The number of nitrogens with zero attached hydrogens (tertiary/aromatic N) is 1. The number of rotatable bonds is 4. The van der Waals surface area contributed by atoms with E-state index in [1.165, 1.54) is 12.1 Å². The third-order valence-electron chi connectivity index (χ3n) is 2.49. The molecule has 0 atom stereocenters. The molecule has 2 aromatic rings. The summed E-state index contributed by atoms with van der Waals surface area (Å²) in [6.45, 7) is 0.292. The van der Waals surface area contributed by atoms with E-state index in [2.05, 4.69) is 5.32 Å². The van der Waals surface area contributed by atoms with Crippen molar-refractivity contribution in [3.8, 4) is 0 Å². The third kappa shape index (κ3) is 3.66. The fourth-order valence-corrected chi connectivity index (χ4v) is 1.74. The van der Waals surface area contributed by atoms with Gasteiger partial charge in [-0.1, -0.05) is 11.6 Å². The molecule has 0 aromatic heterocycles. The van der Waals surface area contributed by atoms with Crippen LogP contribution in [-0.4, -0.2) is 4.92 Å².